The molecular formula is C11H15BrFNO. The largest absolute Gasteiger partial charge is 0.496 e. The van der Waals surface area contributed by atoms with E-state index >= 15 is 0 Å². The molecule has 84 valence electrons. The summed E-state index contributed by atoms with van der Waals surface area (Å²) in [5.74, 6) is 0.424. The zero-order valence-corrected chi connectivity index (χ0v) is 10.7. The highest BCUT2D eigenvalue weighted by atomic mass is 79.9. The predicted molar refractivity (Wildman–Crippen MR) is 62.6 cm³/mol. The molecule has 2 nitrogen and oxygen atoms in total. The van der Waals surface area contributed by atoms with E-state index in [0.717, 1.165) is 0 Å². The fourth-order valence-corrected chi connectivity index (χ4v) is 1.65. The van der Waals surface area contributed by atoms with Gasteiger partial charge in [0.15, 0.2) is 0 Å². The van der Waals surface area contributed by atoms with Crippen LogP contribution in [0.2, 0.25) is 0 Å². The Morgan fingerprint density at radius 1 is 1.47 bits per heavy atom. The monoisotopic (exact) mass is 275 g/mol. The summed E-state index contributed by atoms with van der Waals surface area (Å²) >= 11 is 3.24. The van der Waals surface area contributed by atoms with E-state index in [-0.39, 0.29) is 5.82 Å². The molecule has 0 aliphatic carbocycles. The number of hydrogen-bond donors (Lipinski definition) is 1. The molecule has 1 N–H and O–H groups in total. The number of halogens is 2. The highest BCUT2D eigenvalue weighted by Crippen LogP contribution is 2.27. The third-order valence-electron chi connectivity index (χ3n) is 2.02. The van der Waals surface area contributed by atoms with Crippen LogP contribution >= 0.6 is 15.9 Å². The second kappa shape index (κ2) is 5.47. The first-order chi connectivity index (χ1) is 7.04. The first kappa shape index (κ1) is 12.5. The minimum Gasteiger partial charge on any atom is -0.496 e. The van der Waals surface area contributed by atoms with E-state index in [1.165, 1.54) is 6.07 Å². The van der Waals surface area contributed by atoms with Crippen molar-refractivity contribution in [3.05, 3.63) is 28.0 Å². The smallest absolute Gasteiger partial charge is 0.133 e. The van der Waals surface area contributed by atoms with Crippen molar-refractivity contribution in [3.63, 3.8) is 0 Å². The molecule has 0 saturated heterocycles. The van der Waals surface area contributed by atoms with Crippen molar-refractivity contribution >= 4 is 15.9 Å². The third-order valence-corrected chi connectivity index (χ3v) is 2.64. The Kier molecular flexibility index (Phi) is 4.54. The van der Waals surface area contributed by atoms with E-state index in [0.29, 0.717) is 28.4 Å². The second-order valence-electron chi connectivity index (χ2n) is 3.61. The number of methoxy groups -OCH3 is 1. The fourth-order valence-electron chi connectivity index (χ4n) is 1.18. The third kappa shape index (κ3) is 3.47. The molecule has 0 saturated carbocycles. The maximum atomic E-state index is 13.5. The summed E-state index contributed by atoms with van der Waals surface area (Å²) in [6.45, 7) is 4.55. The van der Waals surface area contributed by atoms with Crippen LogP contribution < -0.4 is 10.1 Å². The number of ether oxygens (including phenoxy) is 1. The molecular weight excluding hydrogens is 261 g/mol. The van der Waals surface area contributed by atoms with Gasteiger partial charge in [0.2, 0.25) is 0 Å². The predicted octanol–water partition coefficient (Wildman–Crippen LogP) is 3.09. The molecule has 0 amide bonds. The van der Waals surface area contributed by atoms with Gasteiger partial charge in [0.05, 0.1) is 11.6 Å². The molecule has 0 heterocycles. The van der Waals surface area contributed by atoms with Crippen LogP contribution in [-0.4, -0.2) is 13.2 Å². The van der Waals surface area contributed by atoms with Gasteiger partial charge >= 0.3 is 0 Å². The number of nitrogens with one attached hydrogen (secondary N) is 1. The highest BCUT2D eigenvalue weighted by Gasteiger charge is 2.08. The molecule has 0 atom stereocenters. The van der Waals surface area contributed by atoms with Crippen molar-refractivity contribution in [1.29, 1.82) is 0 Å². The molecule has 0 radical (unpaired) electrons. The van der Waals surface area contributed by atoms with Gasteiger partial charge in [-0.05, 0) is 28.1 Å². The molecule has 0 fully saturated rings. The van der Waals surface area contributed by atoms with Gasteiger partial charge in [-0.3, -0.25) is 0 Å². The summed E-state index contributed by atoms with van der Waals surface area (Å²) in [5, 5.41) is 3.16. The molecule has 0 aliphatic rings. The first-order valence-corrected chi connectivity index (χ1v) is 5.59. The Labute approximate surface area is 98.0 Å². The van der Waals surface area contributed by atoms with E-state index in [2.05, 4.69) is 21.2 Å². The highest BCUT2D eigenvalue weighted by molar-refractivity contribution is 9.10. The molecule has 15 heavy (non-hydrogen) atoms. The topological polar surface area (TPSA) is 21.3 Å². The Bertz CT molecular complexity index is 342. The van der Waals surface area contributed by atoms with Crippen LogP contribution in [-0.2, 0) is 6.54 Å². The quantitative estimate of drug-likeness (QED) is 0.912. The zero-order valence-electron chi connectivity index (χ0n) is 9.10. The maximum absolute atomic E-state index is 13.5. The summed E-state index contributed by atoms with van der Waals surface area (Å²) in [6, 6.07) is 3.46. The van der Waals surface area contributed by atoms with Gasteiger partial charge in [-0.25, -0.2) is 4.39 Å². The van der Waals surface area contributed by atoms with E-state index < -0.39 is 0 Å². The van der Waals surface area contributed by atoms with E-state index in [9.17, 15) is 4.39 Å². The van der Waals surface area contributed by atoms with Crippen LogP contribution in [0.15, 0.2) is 16.6 Å². The Morgan fingerprint density at radius 3 is 2.67 bits per heavy atom. The minimum atomic E-state index is -0.226. The van der Waals surface area contributed by atoms with Crippen LogP contribution in [0.3, 0.4) is 0 Å². The SMILES string of the molecule is COc1cc(CNC(C)C)c(F)cc1Br. The summed E-state index contributed by atoms with van der Waals surface area (Å²) < 4.78 is 19.2. The van der Waals surface area contributed by atoms with Crippen LogP contribution in [0, 0.1) is 5.82 Å². The van der Waals surface area contributed by atoms with E-state index in [1.54, 1.807) is 13.2 Å². The Balaban J connectivity index is 2.87. The normalized spacial score (nSPS) is 10.8. The molecule has 1 rings (SSSR count). The van der Waals surface area contributed by atoms with Crippen LogP contribution in [0.5, 0.6) is 5.75 Å². The maximum Gasteiger partial charge on any atom is 0.133 e. The van der Waals surface area contributed by atoms with Gasteiger partial charge in [0.25, 0.3) is 0 Å². The lowest BCUT2D eigenvalue weighted by Crippen LogP contribution is -2.22. The van der Waals surface area contributed by atoms with Crippen molar-refractivity contribution in [1.82, 2.24) is 5.32 Å². The van der Waals surface area contributed by atoms with Gasteiger partial charge in [-0.2, -0.15) is 0 Å². The Morgan fingerprint density at radius 2 is 2.13 bits per heavy atom. The standard InChI is InChI=1S/C11H15BrFNO/c1-7(2)14-6-8-4-11(15-3)9(12)5-10(8)13/h4-5,7,14H,6H2,1-3H3. The van der Waals surface area contributed by atoms with Crippen molar-refractivity contribution < 1.29 is 9.13 Å². The molecule has 0 unspecified atom stereocenters. The number of benzene rings is 1. The second-order valence-corrected chi connectivity index (χ2v) is 4.47. The van der Waals surface area contributed by atoms with Gasteiger partial charge in [0.1, 0.15) is 11.6 Å². The van der Waals surface area contributed by atoms with Crippen LogP contribution in [0.25, 0.3) is 0 Å². The molecule has 1 aromatic carbocycles. The lowest BCUT2D eigenvalue weighted by atomic mass is 10.2. The Hall–Kier alpha value is -0.610. The summed E-state index contributed by atoms with van der Waals surface area (Å²) in [7, 11) is 1.57. The van der Waals surface area contributed by atoms with Crippen molar-refractivity contribution in [3.8, 4) is 5.75 Å². The molecule has 0 aliphatic heterocycles. The molecule has 4 heteroatoms. The summed E-state index contributed by atoms with van der Waals surface area (Å²) in [6.07, 6.45) is 0. The number of hydrogen-bond acceptors (Lipinski definition) is 2. The average molecular weight is 276 g/mol. The van der Waals surface area contributed by atoms with E-state index in [4.69, 9.17) is 4.74 Å². The van der Waals surface area contributed by atoms with E-state index in [1.807, 2.05) is 13.8 Å². The average Bonchev–Trinajstić information content (AvgIpc) is 2.16. The summed E-state index contributed by atoms with van der Waals surface area (Å²) in [5.41, 5.74) is 0.615. The summed E-state index contributed by atoms with van der Waals surface area (Å²) in [4.78, 5) is 0. The zero-order chi connectivity index (χ0) is 11.4. The fraction of sp³-hybridized carbons (Fsp3) is 0.455. The number of rotatable bonds is 4. The van der Waals surface area contributed by atoms with Crippen molar-refractivity contribution in [2.24, 2.45) is 0 Å². The van der Waals surface area contributed by atoms with Gasteiger partial charge < -0.3 is 10.1 Å². The minimum absolute atomic E-state index is 0.226. The van der Waals surface area contributed by atoms with Crippen molar-refractivity contribution in [2.75, 3.05) is 7.11 Å². The molecule has 0 bridgehead atoms. The lowest BCUT2D eigenvalue weighted by molar-refractivity contribution is 0.409. The lowest BCUT2D eigenvalue weighted by Gasteiger charge is -2.11. The van der Waals surface area contributed by atoms with Gasteiger partial charge in [-0.1, -0.05) is 13.8 Å². The van der Waals surface area contributed by atoms with Crippen LogP contribution in [0.1, 0.15) is 19.4 Å². The van der Waals surface area contributed by atoms with Crippen LogP contribution in [0.4, 0.5) is 4.39 Å². The molecule has 0 aromatic heterocycles. The van der Waals surface area contributed by atoms with Crippen molar-refractivity contribution in [2.45, 2.75) is 26.4 Å². The molecule has 1 aromatic rings. The van der Waals surface area contributed by atoms with Gasteiger partial charge in [0, 0.05) is 18.2 Å². The molecule has 0 spiro atoms. The van der Waals surface area contributed by atoms with Gasteiger partial charge in [-0.15, -0.1) is 0 Å². The first-order valence-electron chi connectivity index (χ1n) is 4.80.